The molecular weight excluding hydrogens is 254 g/mol. The Morgan fingerprint density at radius 3 is 2.80 bits per heavy atom. The molecule has 0 fully saturated rings. The fraction of sp³-hybridized carbons (Fsp3) is 0.438. The number of nitrogens with one attached hydrogen (secondary N) is 1. The minimum atomic E-state index is -0.314. The van der Waals surface area contributed by atoms with Crippen LogP contribution in [-0.4, -0.2) is 25.7 Å². The summed E-state index contributed by atoms with van der Waals surface area (Å²) in [5, 5.41) is 2.60. The summed E-state index contributed by atoms with van der Waals surface area (Å²) < 4.78 is 11.2. The maximum atomic E-state index is 11.3. The van der Waals surface area contributed by atoms with Crippen LogP contribution in [-0.2, 0) is 11.2 Å². The van der Waals surface area contributed by atoms with E-state index < -0.39 is 0 Å². The van der Waals surface area contributed by atoms with E-state index in [1.807, 2.05) is 25.1 Å². The topological polar surface area (TPSA) is 47.6 Å². The second-order valence-corrected chi connectivity index (χ2v) is 4.31. The normalized spacial score (nSPS) is 11.3. The van der Waals surface area contributed by atoms with Gasteiger partial charge in [-0.2, -0.15) is 0 Å². The van der Waals surface area contributed by atoms with E-state index in [-0.39, 0.29) is 12.0 Å². The number of hydrogen-bond acceptors (Lipinski definition) is 3. The quantitative estimate of drug-likeness (QED) is 0.776. The van der Waals surface area contributed by atoms with Gasteiger partial charge in [-0.1, -0.05) is 12.0 Å². The molecule has 108 valence electrons. The molecule has 1 unspecified atom stereocenters. The Morgan fingerprint density at radius 1 is 1.45 bits per heavy atom. The van der Waals surface area contributed by atoms with Crippen LogP contribution in [0.1, 0.15) is 25.8 Å². The molecule has 0 saturated carbocycles. The number of rotatable bonds is 7. The average Bonchev–Trinajstić information content (AvgIpc) is 2.47. The van der Waals surface area contributed by atoms with Crippen molar-refractivity contribution in [3.8, 4) is 23.8 Å². The van der Waals surface area contributed by atoms with E-state index in [0.29, 0.717) is 30.9 Å². The third kappa shape index (κ3) is 4.85. The van der Waals surface area contributed by atoms with Crippen LogP contribution in [0.5, 0.6) is 11.5 Å². The van der Waals surface area contributed by atoms with Crippen molar-refractivity contribution in [2.24, 2.45) is 0 Å². The van der Waals surface area contributed by atoms with Crippen LogP contribution >= 0.6 is 0 Å². The van der Waals surface area contributed by atoms with Crippen LogP contribution < -0.4 is 14.8 Å². The van der Waals surface area contributed by atoms with E-state index >= 15 is 0 Å². The molecule has 1 amide bonds. The molecule has 1 atom stereocenters. The SMILES string of the molecule is C#CC(C)Oc1ccc(CCC(=O)NC)cc1OCC. The fourth-order valence-corrected chi connectivity index (χ4v) is 1.68. The zero-order valence-electron chi connectivity index (χ0n) is 12.2. The first-order valence-electron chi connectivity index (χ1n) is 6.69. The Bertz CT molecular complexity index is 491. The van der Waals surface area contributed by atoms with E-state index in [0.717, 1.165) is 5.56 Å². The molecule has 0 aromatic heterocycles. The van der Waals surface area contributed by atoms with Gasteiger partial charge in [-0.05, 0) is 38.0 Å². The first kappa shape index (κ1) is 15.9. The highest BCUT2D eigenvalue weighted by Crippen LogP contribution is 2.29. The van der Waals surface area contributed by atoms with Gasteiger partial charge in [0.15, 0.2) is 17.6 Å². The summed E-state index contributed by atoms with van der Waals surface area (Å²) in [6.07, 6.45) is 6.10. The van der Waals surface area contributed by atoms with E-state index in [2.05, 4.69) is 11.2 Å². The van der Waals surface area contributed by atoms with Gasteiger partial charge in [0.25, 0.3) is 0 Å². The van der Waals surface area contributed by atoms with Gasteiger partial charge in [-0.25, -0.2) is 0 Å². The van der Waals surface area contributed by atoms with Gasteiger partial charge in [0.1, 0.15) is 0 Å². The van der Waals surface area contributed by atoms with Crippen molar-refractivity contribution in [1.29, 1.82) is 0 Å². The number of amides is 1. The molecule has 0 aliphatic rings. The van der Waals surface area contributed by atoms with Gasteiger partial charge < -0.3 is 14.8 Å². The lowest BCUT2D eigenvalue weighted by atomic mass is 10.1. The van der Waals surface area contributed by atoms with Crippen molar-refractivity contribution < 1.29 is 14.3 Å². The number of ether oxygens (including phenoxy) is 2. The lowest BCUT2D eigenvalue weighted by Crippen LogP contribution is -2.18. The third-order valence-corrected chi connectivity index (χ3v) is 2.77. The van der Waals surface area contributed by atoms with Crippen molar-refractivity contribution in [3.05, 3.63) is 23.8 Å². The van der Waals surface area contributed by atoms with Crippen molar-refractivity contribution in [2.45, 2.75) is 32.8 Å². The number of carbonyl (C=O) groups is 1. The smallest absolute Gasteiger partial charge is 0.220 e. The van der Waals surface area contributed by atoms with E-state index in [4.69, 9.17) is 15.9 Å². The van der Waals surface area contributed by atoms with Crippen molar-refractivity contribution >= 4 is 5.91 Å². The van der Waals surface area contributed by atoms with Crippen LogP contribution in [0.15, 0.2) is 18.2 Å². The first-order valence-corrected chi connectivity index (χ1v) is 6.69. The lowest BCUT2D eigenvalue weighted by Gasteiger charge is -2.15. The van der Waals surface area contributed by atoms with Crippen LogP contribution in [0.3, 0.4) is 0 Å². The molecule has 20 heavy (non-hydrogen) atoms. The molecule has 4 heteroatoms. The molecule has 0 aliphatic heterocycles. The van der Waals surface area contributed by atoms with Crippen molar-refractivity contribution in [1.82, 2.24) is 5.32 Å². The molecule has 0 heterocycles. The second-order valence-electron chi connectivity index (χ2n) is 4.31. The highest BCUT2D eigenvalue weighted by atomic mass is 16.5. The Balaban J connectivity index is 2.83. The summed E-state index contributed by atoms with van der Waals surface area (Å²) in [5.41, 5.74) is 1.03. The van der Waals surface area contributed by atoms with Crippen LogP contribution in [0.25, 0.3) is 0 Å². The molecule has 0 bridgehead atoms. The Kier molecular flexibility index (Phi) is 6.45. The molecule has 0 spiro atoms. The van der Waals surface area contributed by atoms with Gasteiger partial charge >= 0.3 is 0 Å². The number of aryl methyl sites for hydroxylation is 1. The van der Waals surface area contributed by atoms with Gasteiger partial charge in [-0.3, -0.25) is 4.79 Å². The minimum absolute atomic E-state index is 0.0178. The molecule has 0 aliphatic carbocycles. The molecule has 1 N–H and O–H groups in total. The highest BCUT2D eigenvalue weighted by molar-refractivity contribution is 5.75. The third-order valence-electron chi connectivity index (χ3n) is 2.77. The fourth-order valence-electron chi connectivity index (χ4n) is 1.68. The van der Waals surface area contributed by atoms with Gasteiger partial charge in [0.05, 0.1) is 6.61 Å². The Labute approximate surface area is 120 Å². The maximum Gasteiger partial charge on any atom is 0.220 e. The molecule has 4 nitrogen and oxygen atoms in total. The monoisotopic (exact) mass is 275 g/mol. The van der Waals surface area contributed by atoms with Crippen LogP contribution in [0.2, 0.25) is 0 Å². The average molecular weight is 275 g/mol. The summed E-state index contributed by atoms with van der Waals surface area (Å²) in [6.45, 7) is 4.25. The standard InChI is InChI=1S/C16H21NO3/c1-5-12(3)20-14-9-7-13(8-10-16(18)17-4)11-15(14)19-6-2/h1,7,9,11-12H,6,8,10H2,2-4H3,(H,17,18). The Morgan fingerprint density at radius 2 is 2.20 bits per heavy atom. The zero-order chi connectivity index (χ0) is 15.0. The number of hydrogen-bond donors (Lipinski definition) is 1. The Hall–Kier alpha value is -2.15. The van der Waals surface area contributed by atoms with E-state index in [1.165, 1.54) is 0 Å². The summed E-state index contributed by atoms with van der Waals surface area (Å²) in [5.74, 6) is 3.81. The molecule has 0 saturated heterocycles. The minimum Gasteiger partial charge on any atom is -0.490 e. The van der Waals surface area contributed by atoms with E-state index in [9.17, 15) is 4.79 Å². The highest BCUT2D eigenvalue weighted by Gasteiger charge is 2.10. The van der Waals surface area contributed by atoms with Gasteiger partial charge in [-0.15, -0.1) is 6.42 Å². The first-order chi connectivity index (χ1) is 9.60. The van der Waals surface area contributed by atoms with Crippen LogP contribution in [0.4, 0.5) is 0 Å². The lowest BCUT2D eigenvalue weighted by molar-refractivity contribution is -0.120. The number of carbonyl (C=O) groups excluding carboxylic acids is 1. The summed E-state index contributed by atoms with van der Waals surface area (Å²) in [4.78, 5) is 11.3. The van der Waals surface area contributed by atoms with Crippen LogP contribution in [0, 0.1) is 12.3 Å². The predicted molar refractivity (Wildman–Crippen MR) is 78.9 cm³/mol. The summed E-state index contributed by atoms with van der Waals surface area (Å²) in [7, 11) is 1.63. The molecule has 0 radical (unpaired) electrons. The molecule has 1 rings (SSSR count). The second kappa shape index (κ2) is 8.11. The zero-order valence-corrected chi connectivity index (χ0v) is 12.2. The predicted octanol–water partition coefficient (Wildman–Crippen LogP) is 2.16. The number of terminal acetylenes is 1. The van der Waals surface area contributed by atoms with Crippen molar-refractivity contribution in [2.75, 3.05) is 13.7 Å². The molecular formula is C16H21NO3. The molecule has 1 aromatic carbocycles. The van der Waals surface area contributed by atoms with Gasteiger partial charge in [0, 0.05) is 13.5 Å². The van der Waals surface area contributed by atoms with E-state index in [1.54, 1.807) is 14.0 Å². The van der Waals surface area contributed by atoms with Gasteiger partial charge in [0.2, 0.25) is 5.91 Å². The summed E-state index contributed by atoms with van der Waals surface area (Å²) in [6, 6.07) is 5.65. The number of benzene rings is 1. The molecule has 1 aromatic rings. The largest absolute Gasteiger partial charge is 0.490 e. The van der Waals surface area contributed by atoms with Crippen molar-refractivity contribution in [3.63, 3.8) is 0 Å². The maximum absolute atomic E-state index is 11.3. The summed E-state index contributed by atoms with van der Waals surface area (Å²) >= 11 is 0.